The number of nitrogens with zero attached hydrogens (tertiary/aromatic N) is 2. The number of benzene rings is 3. The van der Waals surface area contributed by atoms with Gasteiger partial charge in [-0.05, 0) is 54.1 Å². The van der Waals surface area contributed by atoms with Crippen molar-refractivity contribution in [3.63, 3.8) is 0 Å². The fourth-order valence-electron chi connectivity index (χ4n) is 4.49. The third kappa shape index (κ3) is 3.93. The SMILES string of the molecule is COc1ccc(C2/C(=C(/O)c3ccc4c(c3)N(C)CCO4)C(=O)C(=O)N2c2ccc(F)c(Cl)c2)cc1. The number of aliphatic hydroxyl groups is 1. The molecule has 1 N–H and O–H groups in total. The minimum atomic E-state index is -0.984. The van der Waals surface area contributed by atoms with E-state index in [1.54, 1.807) is 42.5 Å². The molecule has 5 rings (SSSR count). The van der Waals surface area contributed by atoms with Crippen LogP contribution in [0.4, 0.5) is 15.8 Å². The molecule has 1 saturated heterocycles. The Bertz CT molecular complexity index is 1410. The zero-order valence-corrected chi connectivity index (χ0v) is 20.3. The minimum Gasteiger partial charge on any atom is -0.507 e. The Morgan fingerprint density at radius 1 is 1.11 bits per heavy atom. The lowest BCUT2D eigenvalue weighted by Gasteiger charge is -2.28. The van der Waals surface area contributed by atoms with E-state index in [1.165, 1.54) is 24.1 Å². The van der Waals surface area contributed by atoms with Crippen molar-refractivity contribution in [2.24, 2.45) is 0 Å². The van der Waals surface area contributed by atoms with Crippen LogP contribution in [-0.4, -0.2) is 44.1 Å². The number of ketones is 1. The highest BCUT2D eigenvalue weighted by Crippen LogP contribution is 2.44. The van der Waals surface area contributed by atoms with Gasteiger partial charge < -0.3 is 19.5 Å². The number of Topliss-reactive ketones (excluding diaryl/α,β-unsaturated/α-hetero) is 1. The average molecular weight is 509 g/mol. The Morgan fingerprint density at radius 3 is 2.56 bits per heavy atom. The maximum absolute atomic E-state index is 13.9. The molecule has 0 saturated carbocycles. The number of aliphatic hydroxyl groups excluding tert-OH is 1. The van der Waals surface area contributed by atoms with Gasteiger partial charge in [0.15, 0.2) is 0 Å². The molecule has 7 nitrogen and oxygen atoms in total. The van der Waals surface area contributed by atoms with Gasteiger partial charge in [-0.2, -0.15) is 0 Å². The van der Waals surface area contributed by atoms with E-state index in [9.17, 15) is 19.1 Å². The van der Waals surface area contributed by atoms with E-state index in [-0.39, 0.29) is 22.0 Å². The summed E-state index contributed by atoms with van der Waals surface area (Å²) in [7, 11) is 3.43. The van der Waals surface area contributed by atoms with Crippen LogP contribution in [0.1, 0.15) is 17.2 Å². The number of ether oxygens (including phenoxy) is 2. The van der Waals surface area contributed by atoms with Crippen molar-refractivity contribution in [1.82, 2.24) is 0 Å². The predicted octanol–water partition coefficient (Wildman–Crippen LogP) is 4.94. The third-order valence-electron chi connectivity index (χ3n) is 6.39. The lowest BCUT2D eigenvalue weighted by molar-refractivity contribution is -0.132. The van der Waals surface area contributed by atoms with Gasteiger partial charge >= 0.3 is 0 Å². The largest absolute Gasteiger partial charge is 0.507 e. The summed E-state index contributed by atoms with van der Waals surface area (Å²) in [6, 6.07) is 14.7. The van der Waals surface area contributed by atoms with E-state index in [1.807, 2.05) is 11.9 Å². The quantitative estimate of drug-likeness (QED) is 0.305. The van der Waals surface area contributed by atoms with E-state index >= 15 is 0 Å². The first kappa shape index (κ1) is 23.7. The molecule has 36 heavy (non-hydrogen) atoms. The summed E-state index contributed by atoms with van der Waals surface area (Å²) in [5.41, 5.74) is 1.80. The maximum Gasteiger partial charge on any atom is 0.300 e. The summed E-state index contributed by atoms with van der Waals surface area (Å²) < 4.78 is 24.8. The van der Waals surface area contributed by atoms with Gasteiger partial charge in [-0.1, -0.05) is 23.7 Å². The van der Waals surface area contributed by atoms with Crippen LogP contribution in [0.2, 0.25) is 5.02 Å². The first-order valence-corrected chi connectivity index (χ1v) is 11.6. The van der Waals surface area contributed by atoms with E-state index in [4.69, 9.17) is 21.1 Å². The highest BCUT2D eigenvalue weighted by molar-refractivity contribution is 6.51. The van der Waals surface area contributed by atoms with E-state index in [0.717, 1.165) is 11.8 Å². The Balaban J connectivity index is 1.70. The predicted molar refractivity (Wildman–Crippen MR) is 134 cm³/mol. The number of anilines is 2. The molecule has 3 aromatic rings. The van der Waals surface area contributed by atoms with Gasteiger partial charge in [-0.15, -0.1) is 0 Å². The molecule has 0 radical (unpaired) electrons. The van der Waals surface area contributed by atoms with Gasteiger partial charge in [-0.25, -0.2) is 4.39 Å². The monoisotopic (exact) mass is 508 g/mol. The molecule has 1 unspecified atom stereocenters. The number of methoxy groups -OCH3 is 1. The summed E-state index contributed by atoms with van der Waals surface area (Å²) in [5, 5.41) is 11.2. The normalized spacial score (nSPS) is 18.7. The zero-order chi connectivity index (χ0) is 25.6. The van der Waals surface area contributed by atoms with Crippen molar-refractivity contribution in [1.29, 1.82) is 0 Å². The first-order valence-electron chi connectivity index (χ1n) is 11.2. The zero-order valence-electron chi connectivity index (χ0n) is 19.5. The molecule has 0 aromatic heterocycles. The van der Waals surface area contributed by atoms with Crippen LogP contribution in [0, 0.1) is 5.82 Å². The van der Waals surface area contributed by atoms with Crippen LogP contribution in [0.5, 0.6) is 11.5 Å². The van der Waals surface area contributed by atoms with Crippen molar-refractivity contribution in [2.45, 2.75) is 6.04 Å². The van der Waals surface area contributed by atoms with Crippen LogP contribution >= 0.6 is 11.6 Å². The second kappa shape index (κ2) is 9.20. The lowest BCUT2D eigenvalue weighted by Crippen LogP contribution is -2.29. The molecule has 2 heterocycles. The number of carbonyl (C=O) groups is 2. The van der Waals surface area contributed by atoms with E-state index < -0.39 is 23.5 Å². The molecule has 1 atom stereocenters. The van der Waals surface area contributed by atoms with Gasteiger partial charge in [0.1, 0.15) is 29.7 Å². The van der Waals surface area contributed by atoms with Gasteiger partial charge in [-0.3, -0.25) is 14.5 Å². The van der Waals surface area contributed by atoms with Gasteiger partial charge in [0, 0.05) is 18.3 Å². The number of rotatable bonds is 4. The third-order valence-corrected chi connectivity index (χ3v) is 6.67. The minimum absolute atomic E-state index is 0.0926. The Morgan fingerprint density at radius 2 is 1.86 bits per heavy atom. The molecule has 2 aliphatic heterocycles. The van der Waals surface area contributed by atoms with Crippen molar-refractivity contribution in [2.75, 3.05) is 37.1 Å². The summed E-state index contributed by atoms with van der Waals surface area (Å²) in [6.07, 6.45) is 0. The van der Waals surface area contributed by atoms with Gasteiger partial charge in [0.2, 0.25) is 0 Å². The van der Waals surface area contributed by atoms with Gasteiger partial charge in [0.05, 0.1) is 36.0 Å². The molecule has 9 heteroatoms. The summed E-state index contributed by atoms with van der Waals surface area (Å²) >= 11 is 5.99. The molecule has 1 amide bonds. The molecule has 184 valence electrons. The van der Waals surface area contributed by atoms with Crippen LogP contribution in [0.25, 0.3) is 5.76 Å². The van der Waals surface area contributed by atoms with E-state index in [0.29, 0.717) is 35.8 Å². The smallest absolute Gasteiger partial charge is 0.300 e. The molecular weight excluding hydrogens is 487 g/mol. The van der Waals surface area contributed by atoms with Gasteiger partial charge in [0.25, 0.3) is 11.7 Å². The number of halogens is 2. The second-order valence-corrected chi connectivity index (χ2v) is 8.90. The highest BCUT2D eigenvalue weighted by Gasteiger charge is 2.47. The number of likely N-dealkylation sites (N-methyl/N-ethyl adjacent to an activating group) is 1. The van der Waals surface area contributed by atoms with Crippen LogP contribution < -0.4 is 19.3 Å². The number of fused-ring (bicyclic) bond motifs is 1. The number of carbonyl (C=O) groups excluding carboxylic acids is 2. The lowest BCUT2D eigenvalue weighted by atomic mass is 9.94. The number of hydrogen-bond donors (Lipinski definition) is 1. The topological polar surface area (TPSA) is 79.3 Å². The number of amides is 1. The maximum atomic E-state index is 13.9. The summed E-state index contributed by atoms with van der Waals surface area (Å²) in [4.78, 5) is 29.8. The van der Waals surface area contributed by atoms with Crippen molar-refractivity contribution in [3.05, 3.63) is 88.2 Å². The molecule has 3 aromatic carbocycles. The summed E-state index contributed by atoms with van der Waals surface area (Å²) in [6.45, 7) is 1.20. The highest BCUT2D eigenvalue weighted by atomic mass is 35.5. The molecule has 2 aliphatic rings. The Labute approximate surface area is 211 Å². The molecule has 0 aliphatic carbocycles. The second-order valence-electron chi connectivity index (χ2n) is 8.49. The van der Waals surface area contributed by atoms with Crippen molar-refractivity contribution in [3.8, 4) is 11.5 Å². The molecule has 0 bridgehead atoms. The van der Waals surface area contributed by atoms with Crippen molar-refractivity contribution < 1.29 is 28.6 Å². The molecule has 0 spiro atoms. The van der Waals surface area contributed by atoms with E-state index in [2.05, 4.69) is 0 Å². The summed E-state index contributed by atoms with van der Waals surface area (Å²) in [5.74, 6) is -1.47. The standard InChI is InChI=1S/C27H22ClFN2O5/c1-30-11-12-36-22-10-5-16(13-21(22)30)25(32)23-24(15-3-7-18(35-2)8-4-15)31(27(34)26(23)33)17-6-9-20(29)19(28)14-17/h3-10,13-14,24,32H,11-12H2,1-2H3/b25-23-. The Hall–Kier alpha value is -4.04. The number of hydrogen-bond acceptors (Lipinski definition) is 6. The fraction of sp³-hybridized carbons (Fsp3) is 0.185. The van der Waals surface area contributed by atoms with Crippen LogP contribution in [-0.2, 0) is 9.59 Å². The van der Waals surface area contributed by atoms with Crippen LogP contribution in [0.15, 0.2) is 66.2 Å². The van der Waals surface area contributed by atoms with Crippen molar-refractivity contribution >= 4 is 40.4 Å². The fourth-order valence-corrected chi connectivity index (χ4v) is 4.66. The first-order chi connectivity index (χ1) is 17.3. The molecule has 1 fully saturated rings. The molecular formula is C27H22ClFN2O5. The average Bonchev–Trinajstić information content (AvgIpc) is 3.15. The Kier molecular flexibility index (Phi) is 6.05. The van der Waals surface area contributed by atoms with Crippen LogP contribution in [0.3, 0.4) is 0 Å².